The van der Waals surface area contributed by atoms with E-state index in [0.29, 0.717) is 22.9 Å². The van der Waals surface area contributed by atoms with E-state index in [2.05, 4.69) is 38.6 Å². The molecule has 0 saturated heterocycles. The first-order chi connectivity index (χ1) is 17.8. The highest BCUT2D eigenvalue weighted by molar-refractivity contribution is 6.05. The lowest BCUT2D eigenvalue weighted by atomic mass is 9.98. The minimum atomic E-state index is 0.502. The van der Waals surface area contributed by atoms with E-state index in [9.17, 15) is 0 Å². The molecule has 7 rings (SSSR count). The fourth-order valence-electron chi connectivity index (χ4n) is 4.63. The topological polar surface area (TPSA) is 77.3 Å². The second-order valence-electron chi connectivity index (χ2n) is 8.53. The van der Waals surface area contributed by atoms with Crippen LogP contribution in [-0.2, 0) is 0 Å². The number of hydrogen-bond donors (Lipinski definition) is 0. The van der Waals surface area contributed by atoms with Gasteiger partial charge in [-0.2, -0.15) is 5.10 Å². The van der Waals surface area contributed by atoms with Crippen molar-refractivity contribution in [3.63, 3.8) is 0 Å². The molecule has 0 amide bonds. The van der Waals surface area contributed by atoms with Crippen molar-refractivity contribution in [3.05, 3.63) is 109 Å². The van der Waals surface area contributed by atoms with Crippen molar-refractivity contribution in [2.45, 2.75) is 0 Å². The molecule has 6 nitrogen and oxygen atoms in total. The third kappa shape index (κ3) is 3.35. The van der Waals surface area contributed by atoms with Crippen LogP contribution >= 0.6 is 0 Å². The van der Waals surface area contributed by atoms with E-state index in [1.54, 1.807) is 6.20 Å². The van der Waals surface area contributed by atoms with Gasteiger partial charge in [0.15, 0.2) is 5.82 Å². The van der Waals surface area contributed by atoms with Crippen LogP contribution < -0.4 is 0 Å². The predicted molar refractivity (Wildman–Crippen MR) is 142 cm³/mol. The first-order valence-corrected chi connectivity index (χ1v) is 11.6. The molecule has 6 heteroatoms. The van der Waals surface area contributed by atoms with Crippen LogP contribution in [0, 0.1) is 0 Å². The summed E-state index contributed by atoms with van der Waals surface area (Å²) in [5, 5.41) is 21.6. The summed E-state index contributed by atoms with van der Waals surface area (Å²) in [7, 11) is 0. The average Bonchev–Trinajstić information content (AvgIpc) is 2.96. The van der Waals surface area contributed by atoms with Gasteiger partial charge in [0.2, 0.25) is 0 Å². The van der Waals surface area contributed by atoms with Crippen molar-refractivity contribution in [2.24, 2.45) is 0 Å². The van der Waals surface area contributed by atoms with Gasteiger partial charge in [-0.1, -0.05) is 84.9 Å². The Morgan fingerprint density at radius 3 is 2.22 bits per heavy atom. The fraction of sp³-hybridized carbons (Fsp3) is 0. The maximum atomic E-state index is 5.07. The lowest BCUT2D eigenvalue weighted by Gasteiger charge is -2.13. The standard InChI is InChI=1S/C30H18N6/c1-2-9-19(10-3-1)22-14-8-16-25-27(22)29(26-17-20-11-5-7-15-24(20)34-35-26)33-30(32-25)28-23-13-6-4-12-21(23)18-31-36-28/h1-18H. The Morgan fingerprint density at radius 1 is 0.528 bits per heavy atom. The fourth-order valence-corrected chi connectivity index (χ4v) is 4.63. The molecule has 0 aliphatic rings. The van der Waals surface area contributed by atoms with E-state index < -0.39 is 0 Å². The van der Waals surface area contributed by atoms with Crippen molar-refractivity contribution in [2.75, 3.05) is 0 Å². The Hall–Kier alpha value is -5.10. The van der Waals surface area contributed by atoms with Crippen LogP contribution in [0.2, 0.25) is 0 Å². The van der Waals surface area contributed by atoms with Gasteiger partial charge in [0, 0.05) is 21.5 Å². The van der Waals surface area contributed by atoms with Gasteiger partial charge in [0.1, 0.15) is 17.1 Å². The van der Waals surface area contributed by atoms with Crippen LogP contribution in [0.1, 0.15) is 0 Å². The molecule has 4 aromatic carbocycles. The Morgan fingerprint density at radius 2 is 1.31 bits per heavy atom. The molecule has 0 fully saturated rings. The molecule has 36 heavy (non-hydrogen) atoms. The number of benzene rings is 4. The van der Waals surface area contributed by atoms with Crippen LogP contribution in [0.5, 0.6) is 0 Å². The maximum absolute atomic E-state index is 5.07. The number of hydrogen-bond acceptors (Lipinski definition) is 6. The molecular formula is C30H18N6. The quantitative estimate of drug-likeness (QED) is 0.298. The van der Waals surface area contributed by atoms with E-state index in [1.807, 2.05) is 84.9 Å². The van der Waals surface area contributed by atoms with Crippen LogP contribution in [0.4, 0.5) is 0 Å². The third-order valence-corrected chi connectivity index (χ3v) is 6.33. The normalized spacial score (nSPS) is 11.3. The zero-order valence-electron chi connectivity index (χ0n) is 19.1. The molecule has 0 saturated carbocycles. The average molecular weight is 463 g/mol. The molecule has 3 heterocycles. The van der Waals surface area contributed by atoms with E-state index in [4.69, 9.17) is 9.97 Å². The summed E-state index contributed by atoms with van der Waals surface area (Å²) >= 11 is 0. The lowest BCUT2D eigenvalue weighted by Crippen LogP contribution is -2.01. The zero-order valence-corrected chi connectivity index (χ0v) is 19.1. The summed E-state index contributed by atoms with van der Waals surface area (Å²) in [5.74, 6) is 0.502. The number of aromatic nitrogens is 6. The van der Waals surface area contributed by atoms with E-state index >= 15 is 0 Å². The maximum Gasteiger partial charge on any atom is 0.181 e. The van der Waals surface area contributed by atoms with Crippen molar-refractivity contribution in [1.82, 2.24) is 30.4 Å². The number of nitrogens with zero attached hydrogens (tertiary/aromatic N) is 6. The smallest absolute Gasteiger partial charge is 0.181 e. The highest BCUT2D eigenvalue weighted by Gasteiger charge is 2.19. The molecule has 0 spiro atoms. The number of fused-ring (bicyclic) bond motifs is 3. The minimum absolute atomic E-state index is 0.502. The Balaban J connectivity index is 1.58. The summed E-state index contributed by atoms with van der Waals surface area (Å²) in [6.07, 6.45) is 1.75. The van der Waals surface area contributed by atoms with Gasteiger partial charge in [-0.15, -0.1) is 15.3 Å². The molecule has 7 aromatic rings. The first-order valence-electron chi connectivity index (χ1n) is 11.6. The molecule has 0 unspecified atom stereocenters. The SMILES string of the molecule is c1ccc(-c2cccc3nc(-c4nncc5ccccc45)nc(-c4cc5ccccc5nn4)c23)cc1. The molecule has 0 aliphatic carbocycles. The molecular weight excluding hydrogens is 444 g/mol. The molecule has 0 N–H and O–H groups in total. The van der Waals surface area contributed by atoms with Crippen LogP contribution in [0.25, 0.3) is 66.6 Å². The second kappa shape index (κ2) is 8.29. The Labute approximate surface area is 206 Å². The molecule has 0 radical (unpaired) electrons. The molecule has 3 aromatic heterocycles. The van der Waals surface area contributed by atoms with Gasteiger partial charge in [-0.3, -0.25) is 0 Å². The number of rotatable bonds is 3. The van der Waals surface area contributed by atoms with Gasteiger partial charge >= 0.3 is 0 Å². The van der Waals surface area contributed by atoms with Gasteiger partial charge in [-0.05, 0) is 29.3 Å². The predicted octanol–water partition coefficient (Wildman–Crippen LogP) is 6.52. The first kappa shape index (κ1) is 20.3. The van der Waals surface area contributed by atoms with Crippen LogP contribution in [0.3, 0.4) is 0 Å². The van der Waals surface area contributed by atoms with E-state index in [1.165, 1.54) is 0 Å². The Bertz CT molecular complexity index is 1890. The molecule has 168 valence electrons. The summed E-state index contributed by atoms with van der Waals surface area (Å²) in [4.78, 5) is 10.0. The second-order valence-corrected chi connectivity index (χ2v) is 8.53. The van der Waals surface area contributed by atoms with Gasteiger partial charge < -0.3 is 0 Å². The highest BCUT2D eigenvalue weighted by Crippen LogP contribution is 2.36. The summed E-state index contributed by atoms with van der Waals surface area (Å²) < 4.78 is 0. The molecule has 0 aliphatic heterocycles. The van der Waals surface area contributed by atoms with Crippen molar-refractivity contribution >= 4 is 32.6 Å². The Kier molecular flexibility index (Phi) is 4.67. The third-order valence-electron chi connectivity index (χ3n) is 6.33. The van der Waals surface area contributed by atoms with Gasteiger partial charge in [-0.25, -0.2) is 9.97 Å². The largest absolute Gasteiger partial charge is 0.226 e. The summed E-state index contributed by atoms with van der Waals surface area (Å²) in [5.41, 5.74) is 5.79. The molecule has 0 atom stereocenters. The van der Waals surface area contributed by atoms with E-state index in [0.717, 1.165) is 43.7 Å². The van der Waals surface area contributed by atoms with Gasteiger partial charge in [0.05, 0.1) is 17.2 Å². The highest BCUT2D eigenvalue weighted by atomic mass is 15.1. The van der Waals surface area contributed by atoms with Crippen molar-refractivity contribution in [1.29, 1.82) is 0 Å². The minimum Gasteiger partial charge on any atom is -0.226 e. The summed E-state index contributed by atoms with van der Waals surface area (Å²) in [6, 6.07) is 34.4. The van der Waals surface area contributed by atoms with Crippen LogP contribution in [0.15, 0.2) is 109 Å². The van der Waals surface area contributed by atoms with E-state index in [-0.39, 0.29) is 0 Å². The lowest BCUT2D eigenvalue weighted by molar-refractivity contribution is 1.03. The summed E-state index contributed by atoms with van der Waals surface area (Å²) in [6.45, 7) is 0. The monoisotopic (exact) mass is 462 g/mol. The van der Waals surface area contributed by atoms with Crippen molar-refractivity contribution in [3.8, 4) is 34.0 Å². The van der Waals surface area contributed by atoms with Crippen LogP contribution in [-0.4, -0.2) is 30.4 Å². The molecule has 0 bridgehead atoms. The van der Waals surface area contributed by atoms with Crippen molar-refractivity contribution < 1.29 is 0 Å². The van der Waals surface area contributed by atoms with Gasteiger partial charge in [0.25, 0.3) is 0 Å². The zero-order chi connectivity index (χ0) is 23.9.